The summed E-state index contributed by atoms with van der Waals surface area (Å²) in [6.07, 6.45) is 0.175. The second kappa shape index (κ2) is 5.31. The maximum absolute atomic E-state index is 13.0. The van der Waals surface area contributed by atoms with Gasteiger partial charge in [-0.05, 0) is 38.5 Å². The summed E-state index contributed by atoms with van der Waals surface area (Å²) in [5.74, 6) is 0. The van der Waals surface area contributed by atoms with Gasteiger partial charge in [-0.3, -0.25) is 0 Å². The standard InChI is InChI=1S/C12H16FNO5S2/c1-9-12(2,6-7-19-9)14-21(17,18)11-5-3-4-10(8-11)20(13,15)16/h3-5,8-9,14H,6-7H2,1-2H3. The van der Waals surface area contributed by atoms with Crippen molar-refractivity contribution in [2.45, 2.75) is 41.7 Å². The van der Waals surface area contributed by atoms with E-state index in [2.05, 4.69) is 4.72 Å². The first-order valence-corrected chi connectivity index (χ1v) is 9.12. The molecule has 2 atom stereocenters. The van der Waals surface area contributed by atoms with Crippen LogP contribution in [-0.4, -0.2) is 35.1 Å². The van der Waals surface area contributed by atoms with Gasteiger partial charge in [-0.2, -0.15) is 8.42 Å². The SMILES string of the molecule is CC1OCCC1(C)NS(=O)(=O)c1cccc(S(=O)(=O)F)c1. The average Bonchev–Trinajstić information content (AvgIpc) is 2.67. The van der Waals surface area contributed by atoms with E-state index in [1.165, 1.54) is 12.1 Å². The van der Waals surface area contributed by atoms with E-state index in [0.717, 1.165) is 12.1 Å². The van der Waals surface area contributed by atoms with Crippen LogP contribution in [0, 0.1) is 0 Å². The summed E-state index contributed by atoms with van der Waals surface area (Å²) in [5, 5.41) is 0. The molecule has 0 amide bonds. The average molecular weight is 337 g/mol. The van der Waals surface area contributed by atoms with E-state index in [1.54, 1.807) is 13.8 Å². The molecule has 1 aliphatic heterocycles. The highest BCUT2D eigenvalue weighted by molar-refractivity contribution is 7.89. The first kappa shape index (κ1) is 16.3. The van der Waals surface area contributed by atoms with Crippen LogP contribution in [0.15, 0.2) is 34.1 Å². The Morgan fingerprint density at radius 3 is 2.43 bits per heavy atom. The Kier molecular flexibility index (Phi) is 4.13. The third kappa shape index (κ3) is 3.42. The molecular weight excluding hydrogens is 321 g/mol. The maximum Gasteiger partial charge on any atom is 0.332 e. The quantitative estimate of drug-likeness (QED) is 0.834. The Balaban J connectivity index is 2.37. The first-order chi connectivity index (χ1) is 9.55. The largest absolute Gasteiger partial charge is 0.376 e. The predicted molar refractivity (Wildman–Crippen MR) is 73.5 cm³/mol. The maximum atomic E-state index is 13.0. The lowest BCUT2D eigenvalue weighted by molar-refractivity contribution is 0.0957. The number of hydrogen-bond acceptors (Lipinski definition) is 5. The van der Waals surface area contributed by atoms with Crippen molar-refractivity contribution in [2.24, 2.45) is 0 Å². The molecule has 1 fully saturated rings. The zero-order valence-corrected chi connectivity index (χ0v) is 13.2. The summed E-state index contributed by atoms with van der Waals surface area (Å²) in [4.78, 5) is -0.993. The number of benzene rings is 1. The minimum absolute atomic E-state index is 0.304. The number of rotatable bonds is 4. The topological polar surface area (TPSA) is 89.5 Å². The van der Waals surface area contributed by atoms with Gasteiger partial charge >= 0.3 is 10.2 Å². The highest BCUT2D eigenvalue weighted by atomic mass is 32.3. The number of hydrogen-bond donors (Lipinski definition) is 1. The molecule has 2 unspecified atom stereocenters. The van der Waals surface area contributed by atoms with Crippen molar-refractivity contribution >= 4 is 20.2 Å². The van der Waals surface area contributed by atoms with E-state index in [4.69, 9.17) is 4.74 Å². The summed E-state index contributed by atoms with van der Waals surface area (Å²) in [6.45, 7) is 3.88. The van der Waals surface area contributed by atoms with Gasteiger partial charge < -0.3 is 4.74 Å². The van der Waals surface area contributed by atoms with Crippen molar-refractivity contribution in [2.75, 3.05) is 6.61 Å². The molecule has 6 nitrogen and oxygen atoms in total. The fourth-order valence-corrected chi connectivity index (χ4v) is 4.25. The summed E-state index contributed by atoms with van der Waals surface area (Å²) in [6, 6.07) is 4.18. The first-order valence-electron chi connectivity index (χ1n) is 6.25. The molecule has 118 valence electrons. The number of halogens is 1. The molecule has 0 spiro atoms. The third-order valence-electron chi connectivity index (χ3n) is 3.65. The van der Waals surface area contributed by atoms with Crippen molar-refractivity contribution in [3.05, 3.63) is 24.3 Å². The fraction of sp³-hybridized carbons (Fsp3) is 0.500. The van der Waals surface area contributed by atoms with Crippen LogP contribution in [0.4, 0.5) is 3.89 Å². The van der Waals surface area contributed by atoms with E-state index in [0.29, 0.717) is 13.0 Å². The Morgan fingerprint density at radius 1 is 1.29 bits per heavy atom. The van der Waals surface area contributed by atoms with Crippen molar-refractivity contribution < 1.29 is 25.5 Å². The van der Waals surface area contributed by atoms with E-state index >= 15 is 0 Å². The number of sulfonamides is 1. The normalized spacial score (nSPS) is 26.9. The lowest BCUT2D eigenvalue weighted by Crippen LogP contribution is -2.50. The Labute approximate surface area is 123 Å². The highest BCUT2D eigenvalue weighted by Crippen LogP contribution is 2.28. The zero-order valence-electron chi connectivity index (χ0n) is 11.5. The molecule has 1 aromatic rings. The van der Waals surface area contributed by atoms with Gasteiger partial charge in [0.25, 0.3) is 0 Å². The smallest absolute Gasteiger partial charge is 0.332 e. The molecule has 0 radical (unpaired) electrons. The molecule has 0 aromatic heterocycles. The number of ether oxygens (including phenoxy) is 1. The van der Waals surface area contributed by atoms with Gasteiger partial charge in [-0.15, -0.1) is 3.89 Å². The molecule has 1 saturated heterocycles. The van der Waals surface area contributed by atoms with Crippen molar-refractivity contribution in [3.8, 4) is 0 Å². The van der Waals surface area contributed by atoms with Gasteiger partial charge in [0.05, 0.1) is 21.4 Å². The van der Waals surface area contributed by atoms with Crippen LogP contribution in [0.2, 0.25) is 0 Å². The van der Waals surface area contributed by atoms with E-state index in [-0.39, 0.29) is 11.0 Å². The predicted octanol–water partition coefficient (Wildman–Crippen LogP) is 1.19. The zero-order chi connectivity index (χ0) is 15.9. The van der Waals surface area contributed by atoms with E-state index < -0.39 is 30.7 Å². The molecule has 2 rings (SSSR count). The van der Waals surface area contributed by atoms with Gasteiger partial charge in [0.2, 0.25) is 10.0 Å². The monoisotopic (exact) mass is 337 g/mol. The van der Waals surface area contributed by atoms with Crippen LogP contribution in [0.25, 0.3) is 0 Å². The minimum Gasteiger partial charge on any atom is -0.376 e. The number of nitrogens with one attached hydrogen (secondary N) is 1. The lowest BCUT2D eigenvalue weighted by Gasteiger charge is -2.28. The summed E-state index contributed by atoms with van der Waals surface area (Å²) in [7, 11) is -8.93. The van der Waals surface area contributed by atoms with E-state index in [1.807, 2.05) is 0 Å². The molecule has 1 aliphatic rings. The molecule has 1 aromatic carbocycles. The minimum atomic E-state index is -4.96. The van der Waals surface area contributed by atoms with Crippen LogP contribution in [-0.2, 0) is 25.0 Å². The lowest BCUT2D eigenvalue weighted by atomic mass is 9.97. The summed E-state index contributed by atoms with van der Waals surface area (Å²) >= 11 is 0. The molecule has 1 N–H and O–H groups in total. The summed E-state index contributed by atoms with van der Waals surface area (Å²) < 4.78 is 67.2. The van der Waals surface area contributed by atoms with Gasteiger partial charge in [-0.1, -0.05) is 6.07 Å². The Bertz CT molecular complexity index is 747. The third-order valence-corrected chi connectivity index (χ3v) is 6.08. The highest BCUT2D eigenvalue weighted by Gasteiger charge is 2.40. The van der Waals surface area contributed by atoms with Gasteiger partial charge in [0.1, 0.15) is 0 Å². The van der Waals surface area contributed by atoms with Crippen LogP contribution in [0.1, 0.15) is 20.3 Å². The molecule has 9 heteroatoms. The van der Waals surface area contributed by atoms with Gasteiger partial charge in [0.15, 0.2) is 0 Å². The van der Waals surface area contributed by atoms with Crippen LogP contribution in [0.5, 0.6) is 0 Å². The van der Waals surface area contributed by atoms with Crippen LogP contribution < -0.4 is 4.72 Å². The Hall–Kier alpha value is -1.03. The van der Waals surface area contributed by atoms with Crippen molar-refractivity contribution in [3.63, 3.8) is 0 Å². The van der Waals surface area contributed by atoms with Crippen LogP contribution in [0.3, 0.4) is 0 Å². The fourth-order valence-electron chi connectivity index (χ4n) is 2.13. The van der Waals surface area contributed by atoms with E-state index in [9.17, 15) is 20.7 Å². The van der Waals surface area contributed by atoms with Crippen LogP contribution >= 0.6 is 0 Å². The Morgan fingerprint density at radius 2 is 1.90 bits per heavy atom. The molecule has 1 heterocycles. The van der Waals surface area contributed by atoms with Gasteiger partial charge in [-0.25, -0.2) is 13.1 Å². The van der Waals surface area contributed by atoms with Gasteiger partial charge in [0, 0.05) is 6.61 Å². The second-order valence-corrected chi connectivity index (χ2v) is 8.23. The molecule has 21 heavy (non-hydrogen) atoms. The molecule has 0 saturated carbocycles. The molecule has 0 bridgehead atoms. The second-order valence-electron chi connectivity index (χ2n) is 5.20. The van der Waals surface area contributed by atoms with Crippen molar-refractivity contribution in [1.82, 2.24) is 4.72 Å². The molecular formula is C12H16FNO5S2. The summed E-state index contributed by atoms with van der Waals surface area (Å²) in [5.41, 5.74) is -0.788. The van der Waals surface area contributed by atoms with Crippen molar-refractivity contribution in [1.29, 1.82) is 0 Å². The molecule has 0 aliphatic carbocycles.